The molecule has 1 unspecified atom stereocenters. The third kappa shape index (κ3) is 2.59. The van der Waals surface area contributed by atoms with Gasteiger partial charge in [0.2, 0.25) is 0 Å². The minimum Gasteiger partial charge on any atom is -0.358 e. The summed E-state index contributed by atoms with van der Waals surface area (Å²) >= 11 is 0. The van der Waals surface area contributed by atoms with Crippen LogP contribution in [0.1, 0.15) is 34.5 Å². The van der Waals surface area contributed by atoms with Gasteiger partial charge in [0.15, 0.2) is 5.78 Å². The topological polar surface area (TPSA) is 78.0 Å². The lowest BCUT2D eigenvalue weighted by Crippen LogP contribution is -2.17. The smallest absolute Gasteiger partial charge is 0.358 e. The molecule has 1 aromatic carbocycles. The molecule has 6 nitrogen and oxygen atoms in total. The van der Waals surface area contributed by atoms with Gasteiger partial charge in [0.25, 0.3) is 0 Å². The van der Waals surface area contributed by atoms with E-state index < -0.39 is 11.0 Å². The molecule has 0 amide bonds. The van der Waals surface area contributed by atoms with E-state index in [9.17, 15) is 14.9 Å². The second-order valence-electron chi connectivity index (χ2n) is 4.78. The number of aryl methyl sites for hydroxylation is 2. The number of Topliss-reactive ketones (excluding diaryl/α,β-unsaturated/α-hetero) is 1. The van der Waals surface area contributed by atoms with Gasteiger partial charge in [0, 0.05) is 5.56 Å². The summed E-state index contributed by atoms with van der Waals surface area (Å²) in [5.41, 5.74) is 2.08. The van der Waals surface area contributed by atoms with Crippen molar-refractivity contribution in [1.29, 1.82) is 0 Å². The summed E-state index contributed by atoms with van der Waals surface area (Å²) in [6.07, 6.45) is 1.52. The molecule has 0 saturated heterocycles. The molecular weight excluding hydrogens is 258 g/mol. The number of carbonyl (C=O) groups is 1. The molecule has 0 aliphatic heterocycles. The molecule has 1 aromatic heterocycles. The number of nitrogens with zero attached hydrogens (tertiary/aromatic N) is 3. The number of aromatic nitrogens is 2. The molecular formula is C14H15N3O3. The Hall–Kier alpha value is -2.50. The molecule has 0 aliphatic carbocycles. The Morgan fingerprint density at radius 1 is 1.30 bits per heavy atom. The molecule has 0 N–H and O–H groups in total. The normalized spacial score (nSPS) is 12.2. The highest BCUT2D eigenvalue weighted by molar-refractivity contribution is 5.98. The van der Waals surface area contributed by atoms with Crippen LogP contribution < -0.4 is 0 Å². The summed E-state index contributed by atoms with van der Waals surface area (Å²) in [4.78, 5) is 22.5. The van der Waals surface area contributed by atoms with Crippen molar-refractivity contribution in [3.05, 3.63) is 57.3 Å². The summed E-state index contributed by atoms with van der Waals surface area (Å²) in [6, 6.07) is 6.64. The zero-order chi connectivity index (χ0) is 14.9. The lowest BCUT2D eigenvalue weighted by Gasteiger charge is -2.08. The summed E-state index contributed by atoms with van der Waals surface area (Å²) in [5, 5.41) is 14.6. The average molecular weight is 273 g/mol. The molecule has 0 aliphatic rings. The maximum atomic E-state index is 12.3. The van der Waals surface area contributed by atoms with Crippen molar-refractivity contribution in [1.82, 2.24) is 9.78 Å². The fourth-order valence-corrected chi connectivity index (χ4v) is 1.93. The Morgan fingerprint density at radius 2 is 1.90 bits per heavy atom. The fourth-order valence-electron chi connectivity index (χ4n) is 1.93. The quantitative estimate of drug-likeness (QED) is 0.487. The van der Waals surface area contributed by atoms with E-state index in [1.807, 2.05) is 19.1 Å². The second-order valence-corrected chi connectivity index (χ2v) is 4.78. The van der Waals surface area contributed by atoms with Crippen LogP contribution in [0.25, 0.3) is 0 Å². The summed E-state index contributed by atoms with van der Waals surface area (Å²) in [7, 11) is 0. The molecule has 0 fully saturated rings. The lowest BCUT2D eigenvalue weighted by atomic mass is 10.0. The van der Waals surface area contributed by atoms with E-state index in [4.69, 9.17) is 0 Å². The average Bonchev–Trinajstić information content (AvgIpc) is 2.80. The Bertz CT molecular complexity index is 659. The highest BCUT2D eigenvalue weighted by atomic mass is 16.6. The van der Waals surface area contributed by atoms with E-state index >= 15 is 0 Å². The van der Waals surface area contributed by atoms with Gasteiger partial charge < -0.3 is 10.1 Å². The van der Waals surface area contributed by atoms with E-state index in [1.165, 1.54) is 10.9 Å². The Morgan fingerprint density at radius 3 is 2.40 bits per heavy atom. The van der Waals surface area contributed by atoms with Crippen LogP contribution in [0, 0.1) is 24.0 Å². The molecule has 0 spiro atoms. The minimum atomic E-state index is -0.579. The standard InChI is InChI=1S/C14H15N3O3/c1-9-4-6-12(7-5-9)13(18)11(3)16-8-10(2)14(15-16)17(19)20/h4-8,11H,1-3H3. The van der Waals surface area contributed by atoms with Gasteiger partial charge in [-0.1, -0.05) is 29.8 Å². The SMILES string of the molecule is Cc1ccc(C(=O)C(C)n2cc(C)c([N+](=O)[O-])n2)cc1. The van der Waals surface area contributed by atoms with Crippen LogP contribution in [0.3, 0.4) is 0 Å². The Kier molecular flexibility index (Phi) is 3.65. The fraction of sp³-hybridized carbons (Fsp3) is 0.286. The maximum absolute atomic E-state index is 12.3. The number of hydrogen-bond acceptors (Lipinski definition) is 4. The number of benzene rings is 1. The minimum absolute atomic E-state index is 0.123. The van der Waals surface area contributed by atoms with Crippen LogP contribution >= 0.6 is 0 Å². The summed E-state index contributed by atoms with van der Waals surface area (Å²) < 4.78 is 1.34. The molecule has 1 atom stereocenters. The summed E-state index contributed by atoms with van der Waals surface area (Å²) in [6.45, 7) is 5.22. The van der Waals surface area contributed by atoms with Gasteiger partial charge in [-0.15, -0.1) is 0 Å². The van der Waals surface area contributed by atoms with Crippen molar-refractivity contribution in [3.63, 3.8) is 0 Å². The van der Waals surface area contributed by atoms with Crippen molar-refractivity contribution < 1.29 is 9.72 Å². The molecule has 0 bridgehead atoms. The third-order valence-electron chi connectivity index (χ3n) is 3.17. The van der Waals surface area contributed by atoms with Crippen LogP contribution in [0.5, 0.6) is 0 Å². The van der Waals surface area contributed by atoms with E-state index in [2.05, 4.69) is 5.10 Å². The Balaban J connectivity index is 2.29. The van der Waals surface area contributed by atoms with Crippen molar-refractivity contribution in [2.75, 3.05) is 0 Å². The first kappa shape index (κ1) is 13.9. The number of rotatable bonds is 4. The predicted octanol–water partition coefficient (Wildman–Crippen LogP) is 2.85. The van der Waals surface area contributed by atoms with Crippen molar-refractivity contribution in [2.24, 2.45) is 0 Å². The van der Waals surface area contributed by atoms with Gasteiger partial charge >= 0.3 is 5.82 Å². The van der Waals surface area contributed by atoms with Crippen molar-refractivity contribution in [2.45, 2.75) is 26.8 Å². The first-order valence-electron chi connectivity index (χ1n) is 6.21. The molecule has 2 rings (SSSR count). The number of carbonyl (C=O) groups excluding carboxylic acids is 1. The third-order valence-corrected chi connectivity index (χ3v) is 3.17. The van der Waals surface area contributed by atoms with E-state index in [1.54, 1.807) is 26.0 Å². The monoisotopic (exact) mass is 273 g/mol. The van der Waals surface area contributed by atoms with Gasteiger partial charge in [-0.05, 0) is 25.7 Å². The maximum Gasteiger partial charge on any atom is 0.392 e. The number of hydrogen-bond donors (Lipinski definition) is 0. The molecule has 20 heavy (non-hydrogen) atoms. The first-order chi connectivity index (χ1) is 9.40. The van der Waals surface area contributed by atoms with Crippen LogP contribution in [0.15, 0.2) is 30.5 Å². The van der Waals surface area contributed by atoms with Crippen LogP contribution in [0.2, 0.25) is 0 Å². The highest BCUT2D eigenvalue weighted by Gasteiger charge is 2.25. The highest BCUT2D eigenvalue weighted by Crippen LogP contribution is 2.20. The van der Waals surface area contributed by atoms with Crippen LogP contribution in [-0.2, 0) is 0 Å². The first-order valence-corrected chi connectivity index (χ1v) is 6.21. The second kappa shape index (κ2) is 5.24. The summed E-state index contributed by atoms with van der Waals surface area (Å²) in [5.74, 6) is -0.337. The van der Waals surface area contributed by atoms with Gasteiger partial charge in [0.1, 0.15) is 6.04 Å². The molecule has 0 radical (unpaired) electrons. The lowest BCUT2D eigenvalue weighted by molar-refractivity contribution is -0.390. The largest absolute Gasteiger partial charge is 0.392 e. The van der Waals surface area contributed by atoms with Gasteiger partial charge in [-0.25, -0.2) is 0 Å². The molecule has 104 valence electrons. The Labute approximate surface area is 116 Å². The van der Waals surface area contributed by atoms with E-state index in [0.717, 1.165) is 5.56 Å². The van der Waals surface area contributed by atoms with Crippen LogP contribution in [-0.4, -0.2) is 20.5 Å². The molecule has 0 saturated carbocycles. The molecule has 6 heteroatoms. The number of ketones is 1. The van der Waals surface area contributed by atoms with E-state index in [-0.39, 0.29) is 11.6 Å². The van der Waals surface area contributed by atoms with Crippen molar-refractivity contribution >= 4 is 11.6 Å². The van der Waals surface area contributed by atoms with Crippen LogP contribution in [0.4, 0.5) is 5.82 Å². The van der Waals surface area contributed by atoms with Gasteiger partial charge in [0.05, 0.1) is 16.9 Å². The van der Waals surface area contributed by atoms with Crippen molar-refractivity contribution in [3.8, 4) is 0 Å². The van der Waals surface area contributed by atoms with Gasteiger partial charge in [-0.2, -0.15) is 4.68 Å². The molecule has 2 aromatic rings. The zero-order valence-electron chi connectivity index (χ0n) is 11.5. The van der Waals surface area contributed by atoms with E-state index in [0.29, 0.717) is 11.1 Å². The predicted molar refractivity (Wildman–Crippen MR) is 73.8 cm³/mol. The zero-order valence-corrected chi connectivity index (χ0v) is 11.5. The molecule has 1 heterocycles. The van der Waals surface area contributed by atoms with Gasteiger partial charge in [-0.3, -0.25) is 4.79 Å². The number of nitro groups is 1.